The molecule has 1 aromatic heterocycles. The van der Waals surface area contributed by atoms with Crippen molar-refractivity contribution in [3.8, 4) is 11.8 Å². The van der Waals surface area contributed by atoms with Gasteiger partial charge >= 0.3 is 5.97 Å². The zero-order valence-corrected chi connectivity index (χ0v) is 14.2. The lowest BCUT2D eigenvalue weighted by molar-refractivity contribution is 0.0497. The standard InChI is InChI=1S/C19H14FN3O4/c1-26-11-6-7-12(14(20)8-11)19(25)27-10-17(24)13(9-21)18-22-15-4-2-3-5-16(15)23-18/h2-8,24H,10H2,1H3,(H,22,23)/b17-13-. The van der Waals surface area contributed by atoms with Crippen molar-refractivity contribution >= 4 is 22.6 Å². The van der Waals surface area contributed by atoms with Crippen molar-refractivity contribution < 1.29 is 23.8 Å². The number of ether oxygens (including phenoxy) is 2. The molecule has 0 spiro atoms. The normalized spacial score (nSPS) is 11.6. The lowest BCUT2D eigenvalue weighted by atomic mass is 10.2. The van der Waals surface area contributed by atoms with Gasteiger partial charge in [-0.15, -0.1) is 0 Å². The van der Waals surface area contributed by atoms with Crippen molar-refractivity contribution in [1.29, 1.82) is 5.26 Å². The topological polar surface area (TPSA) is 108 Å². The third kappa shape index (κ3) is 3.72. The quantitative estimate of drug-likeness (QED) is 0.407. The number of fused-ring (bicyclic) bond motifs is 1. The largest absolute Gasteiger partial charge is 0.507 e. The van der Waals surface area contributed by atoms with Crippen molar-refractivity contribution in [3.05, 3.63) is 65.4 Å². The van der Waals surface area contributed by atoms with E-state index in [1.54, 1.807) is 24.3 Å². The fourth-order valence-electron chi connectivity index (χ4n) is 2.40. The number of nitrogens with zero attached hydrogens (tertiary/aromatic N) is 2. The number of aromatic amines is 1. The number of esters is 1. The van der Waals surface area contributed by atoms with Gasteiger partial charge < -0.3 is 19.6 Å². The van der Waals surface area contributed by atoms with Gasteiger partial charge in [0.2, 0.25) is 0 Å². The van der Waals surface area contributed by atoms with Gasteiger partial charge in [0.05, 0.1) is 23.7 Å². The number of carbonyl (C=O) groups excluding carboxylic acids is 1. The van der Waals surface area contributed by atoms with Gasteiger partial charge in [-0.3, -0.25) is 0 Å². The minimum absolute atomic E-state index is 0.142. The first-order chi connectivity index (χ1) is 13.0. The van der Waals surface area contributed by atoms with Crippen molar-refractivity contribution in [2.45, 2.75) is 0 Å². The molecular formula is C19H14FN3O4. The highest BCUT2D eigenvalue weighted by Crippen LogP contribution is 2.20. The maximum Gasteiger partial charge on any atom is 0.341 e. The summed E-state index contributed by atoms with van der Waals surface area (Å²) in [5, 5.41) is 19.5. The summed E-state index contributed by atoms with van der Waals surface area (Å²) in [7, 11) is 1.37. The number of H-pyrrole nitrogens is 1. The van der Waals surface area contributed by atoms with Gasteiger partial charge in [-0.25, -0.2) is 14.2 Å². The van der Waals surface area contributed by atoms with Crippen LogP contribution in [0.1, 0.15) is 16.2 Å². The number of nitriles is 1. The molecule has 0 radical (unpaired) electrons. The molecule has 27 heavy (non-hydrogen) atoms. The van der Waals surface area contributed by atoms with Gasteiger partial charge in [0.15, 0.2) is 11.6 Å². The Morgan fingerprint density at radius 1 is 1.33 bits per heavy atom. The summed E-state index contributed by atoms with van der Waals surface area (Å²) < 4.78 is 23.7. The van der Waals surface area contributed by atoms with Crippen molar-refractivity contribution in [2.24, 2.45) is 0 Å². The lowest BCUT2D eigenvalue weighted by Crippen LogP contribution is -2.11. The molecule has 0 unspecified atom stereocenters. The predicted molar refractivity (Wildman–Crippen MR) is 94.5 cm³/mol. The molecule has 0 saturated heterocycles. The molecule has 8 heteroatoms. The maximum absolute atomic E-state index is 13.9. The third-order valence-electron chi connectivity index (χ3n) is 3.76. The first kappa shape index (κ1) is 17.9. The second kappa shape index (κ2) is 7.58. The van der Waals surface area contributed by atoms with Crippen LogP contribution in [0.2, 0.25) is 0 Å². The number of halogens is 1. The molecule has 0 bridgehead atoms. The molecule has 7 nitrogen and oxygen atoms in total. The van der Waals surface area contributed by atoms with E-state index in [2.05, 4.69) is 9.97 Å². The van der Waals surface area contributed by atoms with E-state index < -0.39 is 24.2 Å². The van der Waals surface area contributed by atoms with Crippen LogP contribution in [-0.4, -0.2) is 34.8 Å². The van der Waals surface area contributed by atoms with Gasteiger partial charge in [0, 0.05) is 6.07 Å². The number of benzene rings is 2. The molecule has 0 aliphatic heterocycles. The summed E-state index contributed by atoms with van der Waals surface area (Å²) in [5.74, 6) is -1.91. The van der Waals surface area contributed by atoms with Crippen molar-refractivity contribution in [2.75, 3.05) is 13.7 Å². The second-order valence-electron chi connectivity index (χ2n) is 5.46. The molecule has 0 atom stereocenters. The van der Waals surface area contributed by atoms with E-state index in [1.807, 2.05) is 6.07 Å². The fraction of sp³-hybridized carbons (Fsp3) is 0.105. The van der Waals surface area contributed by atoms with Gasteiger partial charge in [-0.05, 0) is 24.3 Å². The maximum atomic E-state index is 13.9. The van der Waals surface area contributed by atoms with Crippen LogP contribution in [0.15, 0.2) is 48.2 Å². The van der Waals surface area contributed by atoms with E-state index in [4.69, 9.17) is 9.47 Å². The zero-order chi connectivity index (χ0) is 19.4. The number of rotatable bonds is 5. The molecule has 0 saturated carbocycles. The number of hydrogen-bond acceptors (Lipinski definition) is 6. The monoisotopic (exact) mass is 367 g/mol. The Morgan fingerprint density at radius 3 is 2.78 bits per heavy atom. The molecule has 0 aliphatic carbocycles. The second-order valence-corrected chi connectivity index (χ2v) is 5.46. The Balaban J connectivity index is 1.79. The zero-order valence-electron chi connectivity index (χ0n) is 14.2. The molecule has 0 fully saturated rings. The van der Waals surface area contributed by atoms with Crippen molar-refractivity contribution in [3.63, 3.8) is 0 Å². The molecular weight excluding hydrogens is 353 g/mol. The molecule has 1 heterocycles. The highest BCUT2D eigenvalue weighted by atomic mass is 19.1. The highest BCUT2D eigenvalue weighted by molar-refractivity contribution is 5.90. The van der Waals surface area contributed by atoms with Crippen LogP contribution in [0, 0.1) is 17.1 Å². The smallest absolute Gasteiger partial charge is 0.341 e. The first-order valence-electron chi connectivity index (χ1n) is 7.81. The molecule has 3 rings (SSSR count). The predicted octanol–water partition coefficient (Wildman–Crippen LogP) is 3.36. The first-order valence-corrected chi connectivity index (χ1v) is 7.81. The minimum Gasteiger partial charge on any atom is -0.507 e. The Kier molecular flexibility index (Phi) is 5.04. The van der Waals surface area contributed by atoms with Gasteiger partial charge in [-0.1, -0.05) is 12.1 Å². The molecule has 136 valence electrons. The van der Waals surface area contributed by atoms with E-state index in [9.17, 15) is 19.6 Å². The summed E-state index contributed by atoms with van der Waals surface area (Å²) in [6.45, 7) is -0.607. The highest BCUT2D eigenvalue weighted by Gasteiger charge is 2.18. The van der Waals surface area contributed by atoms with Crippen LogP contribution in [0.5, 0.6) is 5.75 Å². The minimum atomic E-state index is -0.983. The van der Waals surface area contributed by atoms with E-state index in [0.29, 0.717) is 11.0 Å². The van der Waals surface area contributed by atoms with Gasteiger partial charge in [0.25, 0.3) is 0 Å². The van der Waals surface area contributed by atoms with E-state index in [0.717, 1.165) is 6.07 Å². The van der Waals surface area contributed by atoms with Crippen LogP contribution in [0.3, 0.4) is 0 Å². The van der Waals surface area contributed by atoms with Crippen molar-refractivity contribution in [1.82, 2.24) is 9.97 Å². The van der Waals surface area contributed by atoms with Crippen LogP contribution in [0.4, 0.5) is 4.39 Å². The SMILES string of the molecule is COc1ccc(C(=O)OC/C(O)=C(\C#N)c2nc3ccccc3[nH]2)c(F)c1. The van der Waals surface area contributed by atoms with Crippen LogP contribution in [0.25, 0.3) is 16.6 Å². The van der Waals surface area contributed by atoms with Gasteiger partial charge in [-0.2, -0.15) is 5.26 Å². The Hall–Kier alpha value is -3.86. The van der Waals surface area contributed by atoms with E-state index >= 15 is 0 Å². The molecule has 2 aromatic carbocycles. The number of hydrogen-bond donors (Lipinski definition) is 2. The Morgan fingerprint density at radius 2 is 2.11 bits per heavy atom. The summed E-state index contributed by atoms with van der Waals surface area (Å²) in [5.41, 5.74) is 0.816. The average molecular weight is 367 g/mol. The molecule has 2 N–H and O–H groups in total. The number of allylic oxidation sites excluding steroid dienone is 1. The van der Waals surface area contributed by atoms with Crippen LogP contribution >= 0.6 is 0 Å². The number of nitrogens with one attached hydrogen (secondary N) is 1. The number of imidazole rings is 1. The summed E-state index contributed by atoms with van der Waals surface area (Å²) in [6, 6.07) is 12.6. The number of methoxy groups -OCH3 is 1. The van der Waals surface area contributed by atoms with E-state index in [-0.39, 0.29) is 22.7 Å². The third-order valence-corrected chi connectivity index (χ3v) is 3.76. The summed E-state index contributed by atoms with van der Waals surface area (Å²) in [4.78, 5) is 19.1. The Bertz CT molecular complexity index is 1050. The average Bonchev–Trinajstić information content (AvgIpc) is 3.10. The number of carbonyl (C=O) groups is 1. The molecule has 0 amide bonds. The number of aromatic nitrogens is 2. The van der Waals surface area contributed by atoms with Crippen LogP contribution in [-0.2, 0) is 4.74 Å². The number of para-hydroxylation sites is 2. The molecule has 3 aromatic rings. The Labute approximate surface area is 153 Å². The van der Waals surface area contributed by atoms with Gasteiger partial charge in [0.1, 0.15) is 29.8 Å². The fourth-order valence-corrected chi connectivity index (χ4v) is 2.40. The van der Waals surface area contributed by atoms with E-state index in [1.165, 1.54) is 19.2 Å². The summed E-state index contributed by atoms with van der Waals surface area (Å²) in [6.07, 6.45) is 0. The lowest BCUT2D eigenvalue weighted by Gasteiger charge is -2.07. The number of aliphatic hydroxyl groups excluding tert-OH is 1. The number of aliphatic hydroxyl groups is 1. The molecule has 0 aliphatic rings. The van der Waals surface area contributed by atoms with Crippen LogP contribution < -0.4 is 4.74 Å². The summed E-state index contributed by atoms with van der Waals surface area (Å²) >= 11 is 0.